The molecule has 1 atom stereocenters. The van der Waals surface area contributed by atoms with Crippen molar-refractivity contribution in [3.8, 4) is 5.75 Å². The summed E-state index contributed by atoms with van der Waals surface area (Å²) < 4.78 is 12.7. The highest BCUT2D eigenvalue weighted by Crippen LogP contribution is 2.31. The van der Waals surface area contributed by atoms with Gasteiger partial charge in [0.2, 0.25) is 0 Å². The molecule has 0 bridgehead atoms. The standard InChI is InChI=1S/C15H20BrNO2/c1-10-6-12(16)7-11(8-17-13-2-3-13)15(10)19-14-4-5-18-9-14/h6-7,13-14,17H,2-5,8-9H2,1H3. The molecule has 104 valence electrons. The zero-order valence-electron chi connectivity index (χ0n) is 11.2. The lowest BCUT2D eigenvalue weighted by Crippen LogP contribution is -2.20. The van der Waals surface area contributed by atoms with Gasteiger partial charge in [-0.2, -0.15) is 0 Å². The fourth-order valence-electron chi connectivity index (χ4n) is 2.41. The van der Waals surface area contributed by atoms with Crippen molar-refractivity contribution in [3.63, 3.8) is 0 Å². The van der Waals surface area contributed by atoms with Gasteiger partial charge < -0.3 is 14.8 Å². The van der Waals surface area contributed by atoms with Gasteiger partial charge in [-0.05, 0) is 37.5 Å². The van der Waals surface area contributed by atoms with Crippen molar-refractivity contribution >= 4 is 15.9 Å². The largest absolute Gasteiger partial charge is 0.487 e. The smallest absolute Gasteiger partial charge is 0.127 e. The minimum absolute atomic E-state index is 0.208. The summed E-state index contributed by atoms with van der Waals surface area (Å²) in [6.07, 6.45) is 3.81. The van der Waals surface area contributed by atoms with Gasteiger partial charge in [-0.15, -0.1) is 0 Å². The topological polar surface area (TPSA) is 30.5 Å². The summed E-state index contributed by atoms with van der Waals surface area (Å²) in [5.74, 6) is 1.03. The molecule has 0 radical (unpaired) electrons. The monoisotopic (exact) mass is 325 g/mol. The SMILES string of the molecule is Cc1cc(Br)cc(CNC2CC2)c1OC1CCOC1. The van der Waals surface area contributed by atoms with Gasteiger partial charge in [0, 0.05) is 29.0 Å². The number of rotatable bonds is 5. The molecule has 0 amide bonds. The van der Waals surface area contributed by atoms with Crippen molar-refractivity contribution in [2.75, 3.05) is 13.2 Å². The summed E-state index contributed by atoms with van der Waals surface area (Å²) in [7, 11) is 0. The predicted octanol–water partition coefficient (Wildman–Crippen LogP) is 3.18. The number of ether oxygens (including phenoxy) is 2. The lowest BCUT2D eigenvalue weighted by molar-refractivity contribution is 0.140. The molecule has 1 unspecified atom stereocenters. The average Bonchev–Trinajstić information content (AvgIpc) is 3.06. The van der Waals surface area contributed by atoms with E-state index in [2.05, 4.69) is 40.3 Å². The summed E-state index contributed by atoms with van der Waals surface area (Å²) in [6, 6.07) is 4.99. The Kier molecular flexibility index (Phi) is 4.10. The Hall–Kier alpha value is -0.580. The van der Waals surface area contributed by atoms with E-state index in [1.807, 2.05) is 0 Å². The molecule has 1 aromatic rings. The molecule has 0 spiro atoms. The second-order valence-corrected chi connectivity index (χ2v) is 6.39. The van der Waals surface area contributed by atoms with Crippen molar-refractivity contribution < 1.29 is 9.47 Å². The Balaban J connectivity index is 1.77. The van der Waals surface area contributed by atoms with E-state index in [1.54, 1.807) is 0 Å². The van der Waals surface area contributed by atoms with E-state index in [9.17, 15) is 0 Å². The average molecular weight is 326 g/mol. The molecule has 3 nitrogen and oxygen atoms in total. The first kappa shape index (κ1) is 13.4. The highest BCUT2D eigenvalue weighted by atomic mass is 79.9. The van der Waals surface area contributed by atoms with E-state index >= 15 is 0 Å². The number of hydrogen-bond acceptors (Lipinski definition) is 3. The van der Waals surface area contributed by atoms with Crippen LogP contribution in [-0.4, -0.2) is 25.4 Å². The minimum atomic E-state index is 0.208. The minimum Gasteiger partial charge on any atom is -0.487 e. The molecule has 0 aromatic heterocycles. The van der Waals surface area contributed by atoms with Crippen molar-refractivity contribution in [1.29, 1.82) is 0 Å². The Bertz CT molecular complexity index is 454. The lowest BCUT2D eigenvalue weighted by Gasteiger charge is -2.19. The zero-order valence-corrected chi connectivity index (χ0v) is 12.8. The summed E-state index contributed by atoms with van der Waals surface area (Å²) in [6.45, 7) is 4.52. The molecule has 1 N–H and O–H groups in total. The van der Waals surface area contributed by atoms with Gasteiger partial charge in [0.15, 0.2) is 0 Å². The quantitative estimate of drug-likeness (QED) is 0.901. The molecule has 4 heteroatoms. The second-order valence-electron chi connectivity index (χ2n) is 5.47. The predicted molar refractivity (Wildman–Crippen MR) is 78.6 cm³/mol. The summed E-state index contributed by atoms with van der Waals surface area (Å²) in [5, 5.41) is 3.56. The van der Waals surface area contributed by atoms with Crippen molar-refractivity contribution in [3.05, 3.63) is 27.7 Å². The molecule has 1 heterocycles. The van der Waals surface area contributed by atoms with Crippen molar-refractivity contribution in [1.82, 2.24) is 5.32 Å². The van der Waals surface area contributed by atoms with Crippen LogP contribution in [0.2, 0.25) is 0 Å². The van der Waals surface area contributed by atoms with Crippen LogP contribution in [0.25, 0.3) is 0 Å². The van der Waals surface area contributed by atoms with E-state index in [0.29, 0.717) is 12.6 Å². The molecule has 3 rings (SSSR count). The first-order chi connectivity index (χ1) is 9.22. The van der Waals surface area contributed by atoms with Gasteiger partial charge in [-0.3, -0.25) is 0 Å². The second kappa shape index (κ2) is 5.81. The third-order valence-corrected chi connectivity index (χ3v) is 4.11. The first-order valence-corrected chi connectivity index (χ1v) is 7.78. The van der Waals surface area contributed by atoms with Gasteiger partial charge in [0.1, 0.15) is 11.9 Å². The van der Waals surface area contributed by atoms with Crippen LogP contribution >= 0.6 is 15.9 Å². The highest BCUT2D eigenvalue weighted by Gasteiger charge is 2.23. The molecular weight excluding hydrogens is 306 g/mol. The van der Waals surface area contributed by atoms with Gasteiger partial charge >= 0.3 is 0 Å². The van der Waals surface area contributed by atoms with Crippen LogP contribution in [-0.2, 0) is 11.3 Å². The fraction of sp³-hybridized carbons (Fsp3) is 0.600. The Morgan fingerprint density at radius 2 is 2.21 bits per heavy atom. The molecule has 1 saturated carbocycles. The van der Waals surface area contributed by atoms with Crippen LogP contribution in [0.3, 0.4) is 0 Å². The number of hydrogen-bond donors (Lipinski definition) is 1. The maximum absolute atomic E-state index is 6.16. The van der Waals surface area contributed by atoms with Crippen LogP contribution in [0.5, 0.6) is 5.75 Å². The van der Waals surface area contributed by atoms with Gasteiger partial charge in [-0.1, -0.05) is 15.9 Å². The van der Waals surface area contributed by atoms with Crippen LogP contribution in [0, 0.1) is 6.92 Å². The van der Waals surface area contributed by atoms with Gasteiger partial charge in [-0.25, -0.2) is 0 Å². The molecule has 1 aliphatic heterocycles. The zero-order chi connectivity index (χ0) is 13.2. The van der Waals surface area contributed by atoms with Gasteiger partial charge in [0.05, 0.1) is 13.2 Å². The number of halogens is 1. The summed E-state index contributed by atoms with van der Waals surface area (Å²) >= 11 is 3.57. The molecule has 19 heavy (non-hydrogen) atoms. The van der Waals surface area contributed by atoms with E-state index in [4.69, 9.17) is 9.47 Å². The van der Waals surface area contributed by atoms with E-state index in [1.165, 1.54) is 24.0 Å². The Morgan fingerprint density at radius 3 is 2.89 bits per heavy atom. The van der Waals surface area contributed by atoms with Crippen LogP contribution in [0.1, 0.15) is 30.4 Å². The summed E-state index contributed by atoms with van der Waals surface area (Å²) in [5.41, 5.74) is 2.43. The molecule has 2 aliphatic rings. The Morgan fingerprint density at radius 1 is 1.37 bits per heavy atom. The maximum Gasteiger partial charge on any atom is 0.127 e. The van der Waals surface area contributed by atoms with Crippen LogP contribution in [0.4, 0.5) is 0 Å². The molecule has 1 aromatic carbocycles. The van der Waals surface area contributed by atoms with Gasteiger partial charge in [0.25, 0.3) is 0 Å². The highest BCUT2D eigenvalue weighted by molar-refractivity contribution is 9.10. The lowest BCUT2D eigenvalue weighted by atomic mass is 10.1. The molecular formula is C15H20BrNO2. The molecule has 1 saturated heterocycles. The maximum atomic E-state index is 6.16. The molecule has 1 aliphatic carbocycles. The third kappa shape index (κ3) is 3.50. The number of benzene rings is 1. The van der Waals surface area contributed by atoms with E-state index in [-0.39, 0.29) is 6.10 Å². The van der Waals surface area contributed by atoms with Crippen molar-refractivity contribution in [2.45, 2.75) is 44.9 Å². The van der Waals surface area contributed by atoms with E-state index < -0.39 is 0 Å². The first-order valence-electron chi connectivity index (χ1n) is 6.99. The normalized spacial score (nSPS) is 22.7. The van der Waals surface area contributed by atoms with Crippen LogP contribution in [0.15, 0.2) is 16.6 Å². The number of aryl methyl sites for hydroxylation is 1. The fourth-order valence-corrected chi connectivity index (χ4v) is 3.03. The third-order valence-electron chi connectivity index (χ3n) is 3.65. The summed E-state index contributed by atoms with van der Waals surface area (Å²) in [4.78, 5) is 0. The molecule has 2 fully saturated rings. The van der Waals surface area contributed by atoms with Crippen LogP contribution < -0.4 is 10.1 Å². The number of nitrogens with one attached hydrogen (secondary N) is 1. The van der Waals surface area contributed by atoms with E-state index in [0.717, 1.165) is 29.8 Å². The van der Waals surface area contributed by atoms with Crippen molar-refractivity contribution in [2.24, 2.45) is 0 Å². The Labute approximate surface area is 122 Å².